The number of nitrogens with two attached hydrogens (primary N) is 1. The number of benzene rings is 1. The molecule has 0 spiro atoms. The lowest BCUT2D eigenvalue weighted by molar-refractivity contribution is -0.156. The highest BCUT2D eigenvalue weighted by molar-refractivity contribution is 6.02. The van der Waals surface area contributed by atoms with E-state index in [1.54, 1.807) is 0 Å². The van der Waals surface area contributed by atoms with Gasteiger partial charge in [-0.3, -0.25) is 9.69 Å². The third-order valence-corrected chi connectivity index (χ3v) is 5.59. The van der Waals surface area contributed by atoms with Crippen LogP contribution in [-0.4, -0.2) is 64.1 Å². The number of carbonyl (C=O) groups is 4. The van der Waals surface area contributed by atoms with Crippen molar-refractivity contribution in [2.45, 2.75) is 25.0 Å². The molecule has 10 heteroatoms. The van der Waals surface area contributed by atoms with Crippen LogP contribution in [0.5, 0.6) is 0 Å². The Hall–Kier alpha value is -3.56. The van der Waals surface area contributed by atoms with Crippen molar-refractivity contribution in [2.75, 3.05) is 13.2 Å². The van der Waals surface area contributed by atoms with E-state index < -0.39 is 24.0 Å². The van der Waals surface area contributed by atoms with Gasteiger partial charge < -0.3 is 25.8 Å². The molecule has 1 aromatic rings. The Kier molecular flexibility index (Phi) is 4.61. The maximum absolute atomic E-state index is 12.7. The van der Waals surface area contributed by atoms with Crippen molar-refractivity contribution in [3.05, 3.63) is 47.2 Å². The minimum Gasteiger partial charge on any atom is -0.477 e. The minimum atomic E-state index is -1.27. The Balaban J connectivity index is 1.50. The van der Waals surface area contributed by atoms with E-state index in [1.807, 2.05) is 30.3 Å². The van der Waals surface area contributed by atoms with Gasteiger partial charge in [-0.05, 0) is 17.6 Å². The van der Waals surface area contributed by atoms with Crippen molar-refractivity contribution in [3.63, 3.8) is 0 Å². The summed E-state index contributed by atoms with van der Waals surface area (Å²) < 4.78 is 4.76. The van der Waals surface area contributed by atoms with Gasteiger partial charge in [0.2, 0.25) is 0 Å². The highest BCUT2D eigenvalue weighted by atomic mass is 16.5. The van der Waals surface area contributed by atoms with Gasteiger partial charge in [-0.25, -0.2) is 14.4 Å². The van der Waals surface area contributed by atoms with Crippen molar-refractivity contribution in [2.24, 2.45) is 11.7 Å². The smallest absolute Gasteiger partial charge is 0.404 e. The molecule has 3 aliphatic rings. The molecule has 1 aromatic carbocycles. The number of β-lactam (4-membered cyclic amide) rings is 1. The van der Waals surface area contributed by atoms with Crippen molar-refractivity contribution >= 4 is 24.0 Å². The second kappa shape index (κ2) is 7.12. The van der Waals surface area contributed by atoms with Crippen LogP contribution in [0.1, 0.15) is 12.0 Å². The zero-order valence-corrected chi connectivity index (χ0v) is 15.4. The number of carbonyl (C=O) groups excluding carboxylic acids is 3. The Labute approximate surface area is 165 Å². The van der Waals surface area contributed by atoms with Gasteiger partial charge in [-0.15, -0.1) is 0 Å². The van der Waals surface area contributed by atoms with Crippen molar-refractivity contribution < 1.29 is 29.0 Å². The molecule has 10 nitrogen and oxygen atoms in total. The van der Waals surface area contributed by atoms with E-state index >= 15 is 0 Å². The highest BCUT2D eigenvalue weighted by Gasteiger charge is 2.64. The molecule has 152 valence electrons. The average molecular weight is 400 g/mol. The number of likely N-dealkylation sites (tertiary alicyclic amines) is 1. The number of rotatable bonds is 5. The zero-order valence-electron chi connectivity index (χ0n) is 15.4. The van der Waals surface area contributed by atoms with Gasteiger partial charge in [0.15, 0.2) is 0 Å². The normalized spacial score (nSPS) is 24.7. The number of carboxylic acid groups (broad SMARTS) is 1. The molecule has 2 saturated heterocycles. The fraction of sp³-hybridized carbons (Fsp3) is 0.368. The standard InChI is InChI=1S/C19H20N4O6/c20-18(27)29-9-12-6-11-8-22(19(28)21-7-10-4-2-1-3-5-10)15-13(11)23(16(15)24)14(12)17(25)26/h1-5,11,13,15H,6-9H2,(H2,20,27)(H,21,28)(H,25,26)/t11-,13-,15+/m1/s1. The molecule has 0 aromatic heterocycles. The van der Waals surface area contributed by atoms with Crippen LogP contribution in [0.15, 0.2) is 41.6 Å². The molecule has 3 atom stereocenters. The first-order chi connectivity index (χ1) is 13.9. The van der Waals surface area contributed by atoms with Gasteiger partial charge >= 0.3 is 18.1 Å². The second-order valence-corrected chi connectivity index (χ2v) is 7.27. The summed E-state index contributed by atoms with van der Waals surface area (Å²) in [4.78, 5) is 50.7. The van der Waals surface area contributed by atoms with Crippen molar-refractivity contribution in [1.82, 2.24) is 15.1 Å². The summed E-state index contributed by atoms with van der Waals surface area (Å²) in [6.45, 7) is 0.340. The lowest BCUT2D eigenvalue weighted by Gasteiger charge is -2.49. The number of aliphatic carboxylic acids is 1. The van der Waals surface area contributed by atoms with Gasteiger partial charge in [0, 0.05) is 19.0 Å². The summed E-state index contributed by atoms with van der Waals surface area (Å²) in [5, 5.41) is 12.4. The number of carboxylic acids is 1. The Bertz CT molecular complexity index is 915. The number of urea groups is 1. The number of hydrogen-bond acceptors (Lipinski definition) is 5. The summed E-state index contributed by atoms with van der Waals surface area (Å²) in [5.74, 6) is -1.85. The monoisotopic (exact) mass is 400 g/mol. The molecular weight excluding hydrogens is 380 g/mol. The SMILES string of the molecule is NC(=O)OCC1=C(C(=O)O)N2C(=O)[C@@H]3[C@H]2[C@H](C1)CN3C(=O)NCc1ccccc1. The Morgan fingerprint density at radius 2 is 1.97 bits per heavy atom. The number of ether oxygens (including phenoxy) is 1. The summed E-state index contributed by atoms with van der Waals surface area (Å²) in [6.07, 6.45) is -0.715. The van der Waals surface area contributed by atoms with E-state index in [0.29, 0.717) is 25.1 Å². The van der Waals surface area contributed by atoms with Crippen LogP contribution in [0.2, 0.25) is 0 Å². The maximum atomic E-state index is 12.7. The molecule has 4 amide bonds. The van der Waals surface area contributed by atoms with E-state index in [2.05, 4.69) is 5.32 Å². The molecule has 29 heavy (non-hydrogen) atoms. The van der Waals surface area contributed by atoms with Crippen LogP contribution in [0.4, 0.5) is 9.59 Å². The topological polar surface area (TPSA) is 142 Å². The van der Waals surface area contributed by atoms with Crippen LogP contribution >= 0.6 is 0 Å². The van der Waals surface area contributed by atoms with E-state index in [9.17, 15) is 24.3 Å². The lowest BCUT2D eigenvalue weighted by atomic mass is 9.79. The van der Waals surface area contributed by atoms with Gasteiger partial charge in [-0.1, -0.05) is 30.3 Å². The van der Waals surface area contributed by atoms with Crippen LogP contribution in [0, 0.1) is 5.92 Å². The fourth-order valence-corrected chi connectivity index (χ4v) is 4.41. The van der Waals surface area contributed by atoms with Crippen LogP contribution in [0.25, 0.3) is 0 Å². The first-order valence-electron chi connectivity index (χ1n) is 9.17. The molecule has 4 N–H and O–H groups in total. The van der Waals surface area contributed by atoms with Crippen LogP contribution < -0.4 is 11.1 Å². The predicted octanol–water partition coefficient (Wildman–Crippen LogP) is 0.245. The number of primary amides is 1. The largest absolute Gasteiger partial charge is 0.477 e. The molecular formula is C19H20N4O6. The number of hydrogen-bond donors (Lipinski definition) is 3. The molecule has 3 aliphatic heterocycles. The minimum absolute atomic E-state index is 0.130. The van der Waals surface area contributed by atoms with Gasteiger partial charge in [-0.2, -0.15) is 0 Å². The zero-order chi connectivity index (χ0) is 20.7. The number of nitrogens with zero attached hydrogens (tertiary/aromatic N) is 2. The molecule has 0 radical (unpaired) electrons. The molecule has 2 fully saturated rings. The summed E-state index contributed by atoms with van der Waals surface area (Å²) in [5.41, 5.74) is 6.05. The third kappa shape index (κ3) is 3.16. The molecule has 0 saturated carbocycles. The van der Waals surface area contributed by atoms with Gasteiger partial charge in [0.25, 0.3) is 5.91 Å². The van der Waals surface area contributed by atoms with Crippen molar-refractivity contribution in [1.29, 1.82) is 0 Å². The molecule has 4 rings (SSSR count). The van der Waals surface area contributed by atoms with E-state index in [-0.39, 0.29) is 30.3 Å². The predicted molar refractivity (Wildman–Crippen MR) is 98.1 cm³/mol. The quantitative estimate of drug-likeness (QED) is 0.605. The average Bonchev–Trinajstić information content (AvgIpc) is 3.06. The molecule has 0 aliphatic carbocycles. The molecule has 0 unspecified atom stereocenters. The summed E-state index contributed by atoms with van der Waals surface area (Å²) in [6, 6.07) is 7.96. The Morgan fingerprint density at radius 1 is 1.24 bits per heavy atom. The highest BCUT2D eigenvalue weighted by Crippen LogP contribution is 2.47. The van der Waals surface area contributed by atoms with Crippen molar-refractivity contribution in [3.8, 4) is 0 Å². The first kappa shape index (κ1) is 18.8. The Morgan fingerprint density at radius 3 is 2.62 bits per heavy atom. The van der Waals surface area contributed by atoms with Gasteiger partial charge in [0.1, 0.15) is 18.3 Å². The lowest BCUT2D eigenvalue weighted by Crippen LogP contribution is -2.70. The fourth-order valence-electron chi connectivity index (χ4n) is 4.41. The van der Waals surface area contributed by atoms with E-state index in [4.69, 9.17) is 10.5 Å². The number of nitrogens with one attached hydrogen (secondary N) is 1. The van der Waals surface area contributed by atoms with Crippen LogP contribution in [-0.2, 0) is 20.9 Å². The maximum Gasteiger partial charge on any atom is 0.404 e. The van der Waals surface area contributed by atoms with E-state index in [0.717, 1.165) is 5.56 Å². The molecule has 3 heterocycles. The van der Waals surface area contributed by atoms with Crippen LogP contribution in [0.3, 0.4) is 0 Å². The molecule has 0 bridgehead atoms. The second-order valence-electron chi connectivity index (χ2n) is 7.27. The summed E-state index contributed by atoms with van der Waals surface area (Å²) in [7, 11) is 0. The van der Waals surface area contributed by atoms with E-state index in [1.165, 1.54) is 9.80 Å². The number of amides is 4. The summed E-state index contributed by atoms with van der Waals surface area (Å²) >= 11 is 0. The third-order valence-electron chi connectivity index (χ3n) is 5.59. The van der Waals surface area contributed by atoms with Gasteiger partial charge in [0.05, 0.1) is 6.04 Å². The first-order valence-corrected chi connectivity index (χ1v) is 9.17.